The summed E-state index contributed by atoms with van der Waals surface area (Å²) in [6.07, 6.45) is 0.851. The molecule has 0 aliphatic heterocycles. The Hall–Kier alpha value is -0.780. The molecular formula is C11H16BrNO3. The number of halogens is 1. The molecule has 16 heavy (non-hydrogen) atoms. The molecule has 1 rings (SSSR count). The van der Waals surface area contributed by atoms with Gasteiger partial charge in [-0.3, -0.25) is 0 Å². The van der Waals surface area contributed by atoms with E-state index in [1.807, 2.05) is 13.0 Å². The first-order valence-electron chi connectivity index (χ1n) is 4.98. The standard InChI is InChI=1S/C11H16BrNO3/c1-4-7-5-8(6-13-14)11(16-3)9(12)10(7)15-2/h5,13-14H,4,6H2,1-3H3. The second-order valence-corrected chi connectivity index (χ2v) is 4.06. The molecule has 1 aromatic rings. The summed E-state index contributed by atoms with van der Waals surface area (Å²) in [5, 5.41) is 8.77. The van der Waals surface area contributed by atoms with Crippen molar-refractivity contribution in [2.75, 3.05) is 14.2 Å². The van der Waals surface area contributed by atoms with Crippen LogP contribution in [0.1, 0.15) is 18.1 Å². The molecule has 0 unspecified atom stereocenters. The van der Waals surface area contributed by atoms with Crippen LogP contribution in [-0.4, -0.2) is 19.4 Å². The van der Waals surface area contributed by atoms with Crippen LogP contribution in [0.4, 0.5) is 0 Å². The van der Waals surface area contributed by atoms with E-state index in [1.54, 1.807) is 14.2 Å². The number of aryl methyl sites for hydroxylation is 1. The number of hydroxylamine groups is 1. The first kappa shape index (κ1) is 13.3. The molecular weight excluding hydrogens is 274 g/mol. The third-order valence-corrected chi connectivity index (χ3v) is 3.11. The summed E-state index contributed by atoms with van der Waals surface area (Å²) in [4.78, 5) is 0. The summed E-state index contributed by atoms with van der Waals surface area (Å²) in [5.41, 5.74) is 4.09. The predicted octanol–water partition coefficient (Wildman–Crippen LogP) is 2.51. The van der Waals surface area contributed by atoms with Crippen LogP contribution in [0.5, 0.6) is 11.5 Å². The minimum atomic E-state index is 0.332. The number of ether oxygens (including phenoxy) is 2. The van der Waals surface area contributed by atoms with Gasteiger partial charge in [0.2, 0.25) is 0 Å². The number of nitrogens with one attached hydrogen (secondary N) is 1. The van der Waals surface area contributed by atoms with Crippen LogP contribution in [0, 0.1) is 0 Å². The van der Waals surface area contributed by atoms with E-state index in [0.717, 1.165) is 27.8 Å². The van der Waals surface area contributed by atoms with Gasteiger partial charge in [0.1, 0.15) is 16.0 Å². The van der Waals surface area contributed by atoms with E-state index in [4.69, 9.17) is 14.7 Å². The first-order valence-corrected chi connectivity index (χ1v) is 5.78. The molecule has 0 saturated carbocycles. The zero-order chi connectivity index (χ0) is 12.1. The maximum Gasteiger partial charge on any atom is 0.141 e. The van der Waals surface area contributed by atoms with Crippen molar-refractivity contribution >= 4 is 15.9 Å². The highest BCUT2D eigenvalue weighted by molar-refractivity contribution is 9.10. The lowest BCUT2D eigenvalue weighted by atomic mass is 10.1. The van der Waals surface area contributed by atoms with Gasteiger partial charge >= 0.3 is 0 Å². The Balaban J connectivity index is 3.35. The van der Waals surface area contributed by atoms with Crippen molar-refractivity contribution in [1.29, 1.82) is 0 Å². The molecule has 0 atom stereocenters. The SMILES string of the molecule is CCc1cc(CNO)c(OC)c(Br)c1OC. The number of rotatable bonds is 5. The monoisotopic (exact) mass is 289 g/mol. The highest BCUT2D eigenvalue weighted by Gasteiger charge is 2.16. The molecule has 1 aromatic carbocycles. The van der Waals surface area contributed by atoms with Crippen molar-refractivity contribution in [1.82, 2.24) is 5.48 Å². The maximum atomic E-state index is 8.77. The van der Waals surface area contributed by atoms with E-state index in [0.29, 0.717) is 12.3 Å². The molecule has 0 spiro atoms. The molecule has 0 radical (unpaired) electrons. The van der Waals surface area contributed by atoms with Gasteiger partial charge in [-0.2, -0.15) is 0 Å². The molecule has 5 heteroatoms. The third-order valence-electron chi connectivity index (χ3n) is 2.39. The summed E-state index contributed by atoms with van der Waals surface area (Å²) in [7, 11) is 3.22. The predicted molar refractivity (Wildman–Crippen MR) is 65.3 cm³/mol. The van der Waals surface area contributed by atoms with Crippen LogP contribution < -0.4 is 15.0 Å². The normalized spacial score (nSPS) is 10.3. The fourth-order valence-electron chi connectivity index (χ4n) is 1.65. The van der Waals surface area contributed by atoms with Crippen LogP contribution >= 0.6 is 15.9 Å². The van der Waals surface area contributed by atoms with Gasteiger partial charge in [-0.1, -0.05) is 6.92 Å². The van der Waals surface area contributed by atoms with Crippen LogP contribution in [0.3, 0.4) is 0 Å². The molecule has 4 nitrogen and oxygen atoms in total. The van der Waals surface area contributed by atoms with Crippen LogP contribution in [0.15, 0.2) is 10.5 Å². The maximum absolute atomic E-state index is 8.77. The molecule has 0 bridgehead atoms. The number of hydrogen-bond acceptors (Lipinski definition) is 4. The average molecular weight is 290 g/mol. The molecule has 90 valence electrons. The lowest BCUT2D eigenvalue weighted by Crippen LogP contribution is -2.09. The van der Waals surface area contributed by atoms with Crippen LogP contribution in [-0.2, 0) is 13.0 Å². The van der Waals surface area contributed by atoms with Gasteiger partial charge in [0.15, 0.2) is 0 Å². The molecule has 0 aliphatic rings. The fourth-order valence-corrected chi connectivity index (χ4v) is 2.48. The van der Waals surface area contributed by atoms with E-state index in [2.05, 4.69) is 21.4 Å². The Labute approximate surface area is 104 Å². The van der Waals surface area contributed by atoms with Gasteiger partial charge in [0.25, 0.3) is 0 Å². The van der Waals surface area contributed by atoms with Crippen molar-refractivity contribution in [2.24, 2.45) is 0 Å². The highest BCUT2D eigenvalue weighted by atomic mass is 79.9. The van der Waals surface area contributed by atoms with Crippen LogP contribution in [0.2, 0.25) is 0 Å². The summed E-state index contributed by atoms with van der Waals surface area (Å²) in [5.74, 6) is 1.46. The highest BCUT2D eigenvalue weighted by Crippen LogP contribution is 2.40. The van der Waals surface area contributed by atoms with E-state index >= 15 is 0 Å². The van der Waals surface area contributed by atoms with Crippen molar-refractivity contribution in [2.45, 2.75) is 19.9 Å². The zero-order valence-electron chi connectivity index (χ0n) is 9.63. The molecule has 0 heterocycles. The summed E-state index contributed by atoms with van der Waals surface area (Å²) in [6.45, 7) is 2.38. The average Bonchev–Trinajstić information content (AvgIpc) is 2.29. The first-order chi connectivity index (χ1) is 7.69. The molecule has 0 saturated heterocycles. The number of methoxy groups -OCH3 is 2. The van der Waals surface area contributed by atoms with Crippen LogP contribution in [0.25, 0.3) is 0 Å². The van der Waals surface area contributed by atoms with Crippen molar-refractivity contribution in [3.63, 3.8) is 0 Å². The minimum Gasteiger partial charge on any atom is -0.495 e. The Morgan fingerprint density at radius 2 is 1.81 bits per heavy atom. The van der Waals surface area contributed by atoms with Crippen molar-refractivity contribution in [3.05, 3.63) is 21.7 Å². The van der Waals surface area contributed by atoms with Gasteiger partial charge < -0.3 is 14.7 Å². The molecule has 0 aliphatic carbocycles. The van der Waals surface area contributed by atoms with E-state index in [-0.39, 0.29) is 0 Å². The van der Waals surface area contributed by atoms with Gasteiger partial charge in [-0.15, -0.1) is 0 Å². The zero-order valence-corrected chi connectivity index (χ0v) is 11.2. The third kappa shape index (κ3) is 2.48. The second-order valence-electron chi connectivity index (χ2n) is 3.26. The molecule has 0 fully saturated rings. The van der Waals surface area contributed by atoms with Crippen molar-refractivity contribution < 1.29 is 14.7 Å². The van der Waals surface area contributed by atoms with E-state index in [1.165, 1.54) is 0 Å². The topological polar surface area (TPSA) is 50.7 Å². The molecule has 0 aromatic heterocycles. The second kappa shape index (κ2) is 6.08. The van der Waals surface area contributed by atoms with Gasteiger partial charge in [0.05, 0.1) is 14.2 Å². The van der Waals surface area contributed by atoms with E-state index < -0.39 is 0 Å². The Morgan fingerprint density at radius 3 is 2.25 bits per heavy atom. The smallest absolute Gasteiger partial charge is 0.141 e. The Bertz CT molecular complexity index is 369. The Morgan fingerprint density at radius 1 is 1.25 bits per heavy atom. The molecule has 2 N–H and O–H groups in total. The van der Waals surface area contributed by atoms with Crippen molar-refractivity contribution in [3.8, 4) is 11.5 Å². The molecule has 0 amide bonds. The van der Waals surface area contributed by atoms with Gasteiger partial charge in [-0.05, 0) is 34.0 Å². The van der Waals surface area contributed by atoms with Gasteiger partial charge in [0, 0.05) is 12.1 Å². The lowest BCUT2D eigenvalue weighted by Gasteiger charge is -2.16. The quantitative estimate of drug-likeness (QED) is 0.818. The summed E-state index contributed by atoms with van der Waals surface area (Å²) in [6, 6.07) is 1.96. The number of benzene rings is 1. The summed E-state index contributed by atoms with van der Waals surface area (Å²) >= 11 is 3.45. The minimum absolute atomic E-state index is 0.332. The lowest BCUT2D eigenvalue weighted by molar-refractivity contribution is 0.160. The Kier molecular flexibility index (Phi) is 5.05. The number of hydrogen-bond donors (Lipinski definition) is 2. The van der Waals surface area contributed by atoms with E-state index in [9.17, 15) is 0 Å². The summed E-state index contributed by atoms with van der Waals surface area (Å²) < 4.78 is 11.4. The largest absolute Gasteiger partial charge is 0.495 e. The fraction of sp³-hybridized carbons (Fsp3) is 0.455. The van der Waals surface area contributed by atoms with Gasteiger partial charge in [-0.25, -0.2) is 5.48 Å².